The van der Waals surface area contributed by atoms with Gasteiger partial charge in [-0.25, -0.2) is 24.9 Å². The van der Waals surface area contributed by atoms with Gasteiger partial charge in [0, 0.05) is 33.4 Å². The quantitative estimate of drug-likeness (QED) is 0.212. The lowest BCUT2D eigenvalue weighted by Crippen LogP contribution is -2.02. The van der Waals surface area contributed by atoms with Gasteiger partial charge in [-0.05, 0) is 6.07 Å². The second kappa shape index (κ2) is 11.4. The van der Waals surface area contributed by atoms with E-state index in [9.17, 15) is 0 Å². The number of hydrogen-bond acceptors (Lipinski definition) is 5. The van der Waals surface area contributed by atoms with Crippen molar-refractivity contribution >= 4 is 0 Å². The van der Waals surface area contributed by atoms with Gasteiger partial charge in [-0.15, -0.1) is 0 Å². The molecular formula is C37H25N5. The predicted molar refractivity (Wildman–Crippen MR) is 168 cm³/mol. The molecule has 0 saturated heterocycles. The molecule has 0 N–H and O–H groups in total. The molecule has 5 aromatic carbocycles. The molecule has 0 unspecified atom stereocenters. The molecule has 7 rings (SSSR count). The van der Waals surface area contributed by atoms with Crippen LogP contribution in [0.15, 0.2) is 152 Å². The van der Waals surface area contributed by atoms with Gasteiger partial charge in [0.05, 0.1) is 11.4 Å². The van der Waals surface area contributed by atoms with Crippen molar-refractivity contribution in [2.24, 2.45) is 0 Å². The minimum absolute atomic E-state index is 0.563. The predicted octanol–water partition coefficient (Wildman–Crippen LogP) is 8.66. The Balaban J connectivity index is 1.44. The van der Waals surface area contributed by atoms with Crippen LogP contribution in [-0.4, -0.2) is 24.9 Å². The maximum Gasteiger partial charge on any atom is 0.164 e. The highest BCUT2D eigenvalue weighted by Crippen LogP contribution is 2.33. The van der Waals surface area contributed by atoms with E-state index in [0.29, 0.717) is 23.3 Å². The van der Waals surface area contributed by atoms with Crippen LogP contribution in [0.2, 0.25) is 0 Å². The molecule has 0 aliphatic carbocycles. The van der Waals surface area contributed by atoms with Crippen LogP contribution in [0.25, 0.3) is 68.1 Å². The van der Waals surface area contributed by atoms with Crippen LogP contribution in [0.4, 0.5) is 0 Å². The van der Waals surface area contributed by atoms with Crippen LogP contribution >= 0.6 is 0 Å². The number of benzene rings is 5. The molecule has 198 valence electrons. The number of rotatable bonds is 6. The fraction of sp³-hybridized carbons (Fsp3) is 0. The van der Waals surface area contributed by atoms with Crippen molar-refractivity contribution in [3.63, 3.8) is 0 Å². The Hall–Kier alpha value is -5.81. The van der Waals surface area contributed by atoms with Crippen molar-refractivity contribution in [3.05, 3.63) is 152 Å². The molecule has 0 aliphatic heterocycles. The lowest BCUT2D eigenvalue weighted by atomic mass is 10.0. The summed E-state index contributed by atoms with van der Waals surface area (Å²) in [5.74, 6) is 2.39. The molecule has 0 aliphatic rings. The van der Waals surface area contributed by atoms with E-state index in [2.05, 4.69) is 24.3 Å². The molecule has 0 bridgehead atoms. The molecular weight excluding hydrogens is 514 g/mol. The molecule has 0 spiro atoms. The normalized spacial score (nSPS) is 10.9. The molecule has 0 saturated carbocycles. The number of aromatic nitrogens is 5. The average Bonchev–Trinajstić information content (AvgIpc) is 3.09. The Morgan fingerprint density at radius 3 is 0.976 bits per heavy atom. The first-order chi connectivity index (χ1) is 20.8. The van der Waals surface area contributed by atoms with Gasteiger partial charge in [-0.2, -0.15) is 0 Å². The second-order valence-electron chi connectivity index (χ2n) is 9.78. The van der Waals surface area contributed by atoms with Crippen LogP contribution in [0.1, 0.15) is 0 Å². The van der Waals surface area contributed by atoms with E-state index >= 15 is 0 Å². The van der Waals surface area contributed by atoms with Gasteiger partial charge in [0.2, 0.25) is 0 Å². The van der Waals surface area contributed by atoms with Gasteiger partial charge in [-0.1, -0.05) is 146 Å². The smallest absolute Gasteiger partial charge is 0.164 e. The lowest BCUT2D eigenvalue weighted by molar-refractivity contribution is 1.07. The molecule has 42 heavy (non-hydrogen) atoms. The molecule has 0 fully saturated rings. The van der Waals surface area contributed by atoms with Gasteiger partial charge < -0.3 is 0 Å². The third-order valence-electron chi connectivity index (χ3n) is 6.97. The summed E-state index contributed by atoms with van der Waals surface area (Å²) in [6.45, 7) is 0. The van der Waals surface area contributed by atoms with E-state index in [4.69, 9.17) is 24.9 Å². The van der Waals surface area contributed by atoms with Gasteiger partial charge in [0.15, 0.2) is 23.3 Å². The van der Waals surface area contributed by atoms with Crippen molar-refractivity contribution in [3.8, 4) is 68.1 Å². The van der Waals surface area contributed by atoms with Gasteiger partial charge in [0.1, 0.15) is 0 Å². The summed E-state index contributed by atoms with van der Waals surface area (Å²) in [6.07, 6.45) is 0. The van der Waals surface area contributed by atoms with Crippen LogP contribution in [0.5, 0.6) is 0 Å². The molecule has 0 amide bonds. The van der Waals surface area contributed by atoms with E-state index in [1.54, 1.807) is 0 Å². The van der Waals surface area contributed by atoms with Crippen molar-refractivity contribution in [2.75, 3.05) is 0 Å². The number of hydrogen-bond donors (Lipinski definition) is 0. The Bertz CT molecular complexity index is 1700. The van der Waals surface area contributed by atoms with E-state index in [1.165, 1.54) is 0 Å². The monoisotopic (exact) mass is 539 g/mol. The van der Waals surface area contributed by atoms with Crippen LogP contribution in [0, 0.1) is 0 Å². The Kier molecular flexibility index (Phi) is 6.81. The molecule has 7 aromatic rings. The summed E-state index contributed by atoms with van der Waals surface area (Å²) in [4.78, 5) is 24.9. The molecule has 2 aromatic heterocycles. The van der Waals surface area contributed by atoms with Gasteiger partial charge in [-0.3, -0.25) is 0 Å². The minimum atomic E-state index is 0.563. The summed E-state index contributed by atoms with van der Waals surface area (Å²) < 4.78 is 0. The van der Waals surface area contributed by atoms with Gasteiger partial charge in [0.25, 0.3) is 0 Å². The highest BCUT2D eigenvalue weighted by atomic mass is 15.0. The number of nitrogens with zero attached hydrogens (tertiary/aromatic N) is 5. The standard InChI is InChI=1S/C37H25N5/c1-5-15-26(16-6-1)32-25-33(27-17-7-2-8-18-27)39-36(38-32)30-23-13-14-24-31(30)37-41-34(28-19-9-3-10-20-28)40-35(42-37)29-21-11-4-12-22-29/h1-25H. The topological polar surface area (TPSA) is 64.5 Å². The molecule has 5 heteroatoms. The second-order valence-corrected chi connectivity index (χ2v) is 9.78. The van der Waals surface area contributed by atoms with Crippen molar-refractivity contribution in [2.45, 2.75) is 0 Å². The van der Waals surface area contributed by atoms with Crippen LogP contribution in [-0.2, 0) is 0 Å². The maximum absolute atomic E-state index is 5.06. The minimum Gasteiger partial charge on any atom is -0.228 e. The Labute approximate surface area is 244 Å². The van der Waals surface area contributed by atoms with E-state index in [1.807, 2.05) is 127 Å². The van der Waals surface area contributed by atoms with Gasteiger partial charge >= 0.3 is 0 Å². The highest BCUT2D eigenvalue weighted by Gasteiger charge is 2.18. The molecule has 0 radical (unpaired) electrons. The van der Waals surface area contributed by atoms with Crippen molar-refractivity contribution < 1.29 is 0 Å². The third-order valence-corrected chi connectivity index (χ3v) is 6.97. The average molecular weight is 540 g/mol. The summed E-state index contributed by atoms with van der Waals surface area (Å²) in [6, 6.07) is 50.4. The molecule has 2 heterocycles. The zero-order valence-corrected chi connectivity index (χ0v) is 22.7. The first-order valence-electron chi connectivity index (χ1n) is 13.8. The Morgan fingerprint density at radius 1 is 0.262 bits per heavy atom. The first kappa shape index (κ1) is 25.2. The van der Waals surface area contributed by atoms with E-state index < -0.39 is 0 Å². The fourth-order valence-corrected chi connectivity index (χ4v) is 4.88. The summed E-state index contributed by atoms with van der Waals surface area (Å²) in [5, 5.41) is 0. The highest BCUT2D eigenvalue weighted by molar-refractivity contribution is 5.81. The van der Waals surface area contributed by atoms with E-state index in [-0.39, 0.29) is 0 Å². The largest absolute Gasteiger partial charge is 0.228 e. The van der Waals surface area contributed by atoms with E-state index in [0.717, 1.165) is 44.8 Å². The SMILES string of the molecule is c1ccc(-c2cc(-c3ccccc3)nc(-c3ccccc3-c3nc(-c4ccccc4)nc(-c4ccccc4)n3)n2)cc1. The summed E-state index contributed by atoms with van der Waals surface area (Å²) in [5.41, 5.74) is 7.26. The molecule has 0 atom stereocenters. The Morgan fingerprint density at radius 2 is 0.571 bits per heavy atom. The van der Waals surface area contributed by atoms with Crippen molar-refractivity contribution in [1.29, 1.82) is 0 Å². The lowest BCUT2D eigenvalue weighted by Gasteiger charge is -2.13. The zero-order chi connectivity index (χ0) is 28.1. The summed E-state index contributed by atoms with van der Waals surface area (Å²) in [7, 11) is 0. The van der Waals surface area contributed by atoms with Crippen molar-refractivity contribution in [1.82, 2.24) is 24.9 Å². The fourth-order valence-electron chi connectivity index (χ4n) is 4.88. The zero-order valence-electron chi connectivity index (χ0n) is 22.7. The maximum atomic E-state index is 5.06. The van der Waals surface area contributed by atoms with Crippen LogP contribution < -0.4 is 0 Å². The first-order valence-corrected chi connectivity index (χ1v) is 13.8. The van der Waals surface area contributed by atoms with Crippen LogP contribution in [0.3, 0.4) is 0 Å². The third kappa shape index (κ3) is 5.19. The summed E-state index contributed by atoms with van der Waals surface area (Å²) >= 11 is 0. The molecule has 5 nitrogen and oxygen atoms in total.